The number of halogens is 1. The van der Waals surface area contributed by atoms with Crippen molar-refractivity contribution in [2.24, 2.45) is 13.0 Å². The molecule has 6 nitrogen and oxygen atoms in total. The van der Waals surface area contributed by atoms with Gasteiger partial charge in [0.15, 0.2) is 0 Å². The number of piperidine rings is 1. The lowest BCUT2D eigenvalue weighted by molar-refractivity contribution is 0.0768. The molecule has 2 heterocycles. The Labute approximate surface area is 174 Å². The molecule has 0 aliphatic carbocycles. The summed E-state index contributed by atoms with van der Waals surface area (Å²) in [4.78, 5) is 14.9. The molecule has 0 saturated carbocycles. The third-order valence-corrected chi connectivity index (χ3v) is 6.32. The van der Waals surface area contributed by atoms with E-state index in [2.05, 4.69) is 4.90 Å². The molecule has 29 heavy (non-hydrogen) atoms. The third kappa shape index (κ3) is 3.74. The fourth-order valence-electron chi connectivity index (χ4n) is 4.26. The van der Waals surface area contributed by atoms with Gasteiger partial charge in [0, 0.05) is 31.9 Å². The Balaban J connectivity index is 1.44. The summed E-state index contributed by atoms with van der Waals surface area (Å²) < 4.78 is 8.65. The number of anilines is 1. The van der Waals surface area contributed by atoms with Crippen molar-refractivity contribution in [1.29, 1.82) is 0 Å². The number of methoxy groups -OCH3 is 1. The zero-order valence-electron chi connectivity index (χ0n) is 16.7. The maximum atomic E-state index is 12.6. The van der Waals surface area contributed by atoms with Gasteiger partial charge in [-0.3, -0.25) is 9.13 Å². The molecule has 0 amide bonds. The van der Waals surface area contributed by atoms with Gasteiger partial charge in [-0.15, -0.1) is 0 Å². The number of aliphatic hydroxyl groups excluding tert-OH is 1. The molecule has 1 aromatic heterocycles. The SMILES string of the molecule is COc1cc(N2CCC(C(O)Cn3c(=O)n(C)c4ccccc43)CC2)ccc1Cl. The van der Waals surface area contributed by atoms with Crippen LogP contribution in [0.5, 0.6) is 5.75 Å². The average Bonchev–Trinajstić information content (AvgIpc) is 2.99. The molecular formula is C22H26ClN3O3. The zero-order valence-corrected chi connectivity index (χ0v) is 17.5. The van der Waals surface area contributed by atoms with Crippen molar-refractivity contribution in [3.63, 3.8) is 0 Å². The molecule has 1 N–H and O–H groups in total. The number of aryl methyl sites for hydroxylation is 1. The standard InChI is InChI=1S/C22H26ClN3O3/c1-24-18-5-3-4-6-19(18)26(22(24)28)14-20(27)15-9-11-25(12-10-15)16-7-8-17(23)21(13-16)29-2/h3-8,13,15,20,27H,9-12,14H2,1-2H3. The van der Waals surface area contributed by atoms with Gasteiger partial charge in [-0.2, -0.15) is 0 Å². The minimum Gasteiger partial charge on any atom is -0.495 e. The topological polar surface area (TPSA) is 59.6 Å². The molecule has 4 rings (SSSR count). The van der Waals surface area contributed by atoms with E-state index < -0.39 is 6.10 Å². The molecule has 1 atom stereocenters. The third-order valence-electron chi connectivity index (χ3n) is 6.00. The second kappa shape index (κ2) is 8.13. The van der Waals surface area contributed by atoms with Crippen molar-refractivity contribution in [2.75, 3.05) is 25.1 Å². The molecular weight excluding hydrogens is 390 g/mol. The Morgan fingerprint density at radius 3 is 2.55 bits per heavy atom. The van der Waals surface area contributed by atoms with Crippen LogP contribution in [0.2, 0.25) is 5.02 Å². The Morgan fingerprint density at radius 1 is 1.17 bits per heavy atom. The number of benzene rings is 2. The van der Waals surface area contributed by atoms with Crippen LogP contribution in [-0.4, -0.2) is 40.5 Å². The van der Waals surface area contributed by atoms with Crippen molar-refractivity contribution in [3.8, 4) is 5.75 Å². The smallest absolute Gasteiger partial charge is 0.328 e. The first-order valence-corrected chi connectivity index (χ1v) is 10.3. The summed E-state index contributed by atoms with van der Waals surface area (Å²) in [5.74, 6) is 0.827. The maximum Gasteiger partial charge on any atom is 0.328 e. The van der Waals surface area contributed by atoms with Gasteiger partial charge in [0.1, 0.15) is 5.75 Å². The van der Waals surface area contributed by atoms with Gasteiger partial charge in [0.2, 0.25) is 0 Å². The number of ether oxygens (including phenoxy) is 1. The number of nitrogens with zero attached hydrogens (tertiary/aromatic N) is 3. The maximum absolute atomic E-state index is 12.6. The minimum atomic E-state index is -0.555. The number of aromatic nitrogens is 2. The molecule has 1 saturated heterocycles. The van der Waals surface area contributed by atoms with Gasteiger partial charge < -0.3 is 14.7 Å². The predicted octanol–water partition coefficient (Wildman–Crippen LogP) is 3.28. The first-order chi connectivity index (χ1) is 14.0. The van der Waals surface area contributed by atoms with Crippen LogP contribution in [0.4, 0.5) is 5.69 Å². The van der Waals surface area contributed by atoms with Crippen LogP contribution in [0.15, 0.2) is 47.3 Å². The monoisotopic (exact) mass is 415 g/mol. The number of rotatable bonds is 5. The summed E-state index contributed by atoms with van der Waals surface area (Å²) in [6.07, 6.45) is 1.18. The van der Waals surface area contributed by atoms with E-state index in [1.807, 2.05) is 42.5 Å². The minimum absolute atomic E-state index is 0.0871. The van der Waals surface area contributed by atoms with E-state index >= 15 is 0 Å². The van der Waals surface area contributed by atoms with Crippen LogP contribution in [0.1, 0.15) is 12.8 Å². The molecule has 1 fully saturated rings. The van der Waals surface area contributed by atoms with Gasteiger partial charge in [-0.05, 0) is 43.0 Å². The summed E-state index contributed by atoms with van der Waals surface area (Å²) in [5, 5.41) is 11.5. The van der Waals surface area contributed by atoms with E-state index in [0.29, 0.717) is 17.3 Å². The molecule has 1 unspecified atom stereocenters. The lowest BCUT2D eigenvalue weighted by Gasteiger charge is -2.35. The van der Waals surface area contributed by atoms with Crippen LogP contribution in [-0.2, 0) is 13.6 Å². The van der Waals surface area contributed by atoms with E-state index in [4.69, 9.17) is 16.3 Å². The molecule has 1 aliphatic heterocycles. The van der Waals surface area contributed by atoms with E-state index in [9.17, 15) is 9.90 Å². The van der Waals surface area contributed by atoms with Gasteiger partial charge in [0.05, 0.1) is 35.8 Å². The number of imidazole rings is 1. The highest BCUT2D eigenvalue weighted by atomic mass is 35.5. The van der Waals surface area contributed by atoms with Gasteiger partial charge in [0.25, 0.3) is 0 Å². The quantitative estimate of drug-likeness (QED) is 0.694. The van der Waals surface area contributed by atoms with E-state index in [0.717, 1.165) is 42.7 Å². The predicted molar refractivity (Wildman–Crippen MR) is 116 cm³/mol. The molecule has 154 valence electrons. The first-order valence-electron chi connectivity index (χ1n) is 9.90. The summed E-state index contributed by atoms with van der Waals surface area (Å²) in [7, 11) is 3.38. The first kappa shape index (κ1) is 19.9. The number of para-hydroxylation sites is 2. The van der Waals surface area contributed by atoms with Crippen LogP contribution >= 0.6 is 11.6 Å². The second-order valence-electron chi connectivity index (χ2n) is 7.65. The average molecular weight is 416 g/mol. The Morgan fingerprint density at radius 2 is 1.86 bits per heavy atom. The van der Waals surface area contributed by atoms with Crippen molar-refractivity contribution in [3.05, 3.63) is 58.0 Å². The lowest BCUT2D eigenvalue weighted by Crippen LogP contribution is -2.40. The molecule has 0 spiro atoms. The van der Waals surface area contributed by atoms with E-state index in [1.165, 1.54) is 0 Å². The van der Waals surface area contributed by atoms with Crippen LogP contribution in [0, 0.1) is 5.92 Å². The Bertz CT molecular complexity index is 1070. The van der Waals surface area contributed by atoms with Gasteiger partial charge >= 0.3 is 5.69 Å². The van der Waals surface area contributed by atoms with Crippen LogP contribution in [0.25, 0.3) is 11.0 Å². The van der Waals surface area contributed by atoms with Crippen LogP contribution < -0.4 is 15.3 Å². The summed E-state index contributed by atoms with van der Waals surface area (Å²) in [5.41, 5.74) is 2.74. The number of hydrogen-bond acceptors (Lipinski definition) is 4. The van der Waals surface area contributed by atoms with Crippen molar-refractivity contribution >= 4 is 28.3 Å². The van der Waals surface area contributed by atoms with Crippen molar-refractivity contribution in [1.82, 2.24) is 9.13 Å². The lowest BCUT2D eigenvalue weighted by atomic mass is 9.91. The normalized spacial score (nSPS) is 16.3. The van der Waals surface area contributed by atoms with Gasteiger partial charge in [-0.1, -0.05) is 23.7 Å². The molecule has 7 heteroatoms. The number of aliphatic hydroxyl groups is 1. The fraction of sp³-hybridized carbons (Fsp3) is 0.409. The largest absolute Gasteiger partial charge is 0.495 e. The van der Waals surface area contributed by atoms with Crippen molar-refractivity contribution < 1.29 is 9.84 Å². The zero-order chi connectivity index (χ0) is 20.5. The highest BCUT2D eigenvalue weighted by molar-refractivity contribution is 6.32. The summed E-state index contributed by atoms with van der Waals surface area (Å²) in [6, 6.07) is 13.5. The molecule has 1 aliphatic rings. The van der Waals surface area contributed by atoms with Gasteiger partial charge in [-0.25, -0.2) is 4.79 Å². The van der Waals surface area contributed by atoms with Crippen LogP contribution in [0.3, 0.4) is 0 Å². The highest BCUT2D eigenvalue weighted by Crippen LogP contribution is 2.32. The van der Waals surface area contributed by atoms with E-state index in [1.54, 1.807) is 23.3 Å². The summed E-state index contributed by atoms with van der Waals surface area (Å²) in [6.45, 7) is 2.01. The Kier molecular flexibility index (Phi) is 5.56. The second-order valence-corrected chi connectivity index (χ2v) is 8.06. The molecule has 2 aromatic carbocycles. The molecule has 0 radical (unpaired) electrons. The van der Waals surface area contributed by atoms with E-state index in [-0.39, 0.29) is 11.6 Å². The van der Waals surface area contributed by atoms with Crippen molar-refractivity contribution in [2.45, 2.75) is 25.5 Å². The number of fused-ring (bicyclic) bond motifs is 1. The highest BCUT2D eigenvalue weighted by Gasteiger charge is 2.27. The molecule has 3 aromatic rings. The summed E-state index contributed by atoms with van der Waals surface area (Å²) >= 11 is 6.13. The number of hydrogen-bond donors (Lipinski definition) is 1. The fourth-order valence-corrected chi connectivity index (χ4v) is 4.46. The Hall–Kier alpha value is -2.44. The molecule has 0 bridgehead atoms.